The van der Waals surface area contributed by atoms with Crippen molar-refractivity contribution < 1.29 is 9.53 Å². The summed E-state index contributed by atoms with van der Waals surface area (Å²) in [5.41, 5.74) is 3.87. The Morgan fingerprint density at radius 3 is 1.68 bits per heavy atom. The van der Waals surface area contributed by atoms with E-state index in [4.69, 9.17) is 4.74 Å². The van der Waals surface area contributed by atoms with Crippen LogP contribution in [0.3, 0.4) is 0 Å². The van der Waals surface area contributed by atoms with Crippen LogP contribution in [0.25, 0.3) is 0 Å². The molecule has 0 N–H and O–H groups in total. The highest BCUT2D eigenvalue weighted by atomic mass is 16.5. The first-order chi connectivity index (χ1) is 12.3. The average Bonchev–Trinajstić information content (AvgIpc) is 3.06. The van der Waals surface area contributed by atoms with Gasteiger partial charge in [0.1, 0.15) is 6.10 Å². The molecule has 0 saturated heterocycles. The van der Waals surface area contributed by atoms with Crippen LogP contribution in [0.2, 0.25) is 0 Å². The molecule has 0 radical (unpaired) electrons. The third kappa shape index (κ3) is 3.11. The Bertz CT molecular complexity index is 844. The van der Waals surface area contributed by atoms with Crippen LogP contribution >= 0.6 is 0 Å². The molecule has 0 aromatic heterocycles. The largest absolute Gasteiger partial charge is 0.450 e. The first-order valence-electron chi connectivity index (χ1n) is 8.40. The molecule has 3 aromatic carbocycles. The summed E-state index contributed by atoms with van der Waals surface area (Å²) in [5.74, 6) is -0.366. The topological polar surface area (TPSA) is 26.3 Å². The summed E-state index contributed by atoms with van der Waals surface area (Å²) in [6.45, 7) is 0. The summed E-state index contributed by atoms with van der Waals surface area (Å²) in [7, 11) is 0. The van der Waals surface area contributed by atoms with Crippen molar-refractivity contribution in [3.63, 3.8) is 0 Å². The molecule has 25 heavy (non-hydrogen) atoms. The Morgan fingerprint density at radius 2 is 1.16 bits per heavy atom. The Labute approximate surface area is 147 Å². The molecule has 2 nitrogen and oxygen atoms in total. The van der Waals surface area contributed by atoms with Gasteiger partial charge in [-0.2, -0.15) is 0 Å². The number of benzene rings is 3. The summed E-state index contributed by atoms with van der Waals surface area (Å²) < 4.78 is 5.65. The number of esters is 1. The number of hydrogen-bond acceptors (Lipinski definition) is 2. The lowest BCUT2D eigenvalue weighted by atomic mass is 9.84. The van der Waals surface area contributed by atoms with Crippen LogP contribution in [0, 0.1) is 0 Å². The fourth-order valence-corrected chi connectivity index (χ4v) is 3.31. The van der Waals surface area contributed by atoms with Crippen molar-refractivity contribution in [3.8, 4) is 0 Å². The molecule has 1 aliphatic heterocycles. The van der Waals surface area contributed by atoms with Gasteiger partial charge in [-0.05, 0) is 22.8 Å². The summed E-state index contributed by atoms with van der Waals surface area (Å²) in [4.78, 5) is 12.7. The molecule has 0 fully saturated rings. The number of carbonyl (C=O) groups excluding carboxylic acids is 1. The SMILES string of the molecule is O=C1OC(c2ccccc2)C=C1C(c1ccccc1)c1ccccc1. The van der Waals surface area contributed by atoms with Crippen LogP contribution < -0.4 is 0 Å². The van der Waals surface area contributed by atoms with Gasteiger partial charge in [0.25, 0.3) is 0 Å². The normalized spacial score (nSPS) is 16.6. The smallest absolute Gasteiger partial charge is 0.335 e. The first-order valence-corrected chi connectivity index (χ1v) is 8.40. The van der Waals surface area contributed by atoms with E-state index in [1.807, 2.05) is 72.8 Å². The van der Waals surface area contributed by atoms with Crippen LogP contribution in [0.1, 0.15) is 28.7 Å². The van der Waals surface area contributed by atoms with E-state index in [1.54, 1.807) is 0 Å². The van der Waals surface area contributed by atoms with E-state index in [-0.39, 0.29) is 18.0 Å². The van der Waals surface area contributed by atoms with Crippen LogP contribution in [-0.4, -0.2) is 5.97 Å². The minimum absolute atomic E-state index is 0.122. The van der Waals surface area contributed by atoms with Crippen LogP contribution in [0.4, 0.5) is 0 Å². The lowest BCUT2D eigenvalue weighted by molar-refractivity contribution is -0.140. The van der Waals surface area contributed by atoms with Gasteiger partial charge in [0.15, 0.2) is 0 Å². The zero-order valence-electron chi connectivity index (χ0n) is 13.7. The molecule has 0 aliphatic carbocycles. The zero-order chi connectivity index (χ0) is 17.1. The molecule has 2 heteroatoms. The molecule has 1 unspecified atom stereocenters. The number of carbonyl (C=O) groups is 1. The van der Waals surface area contributed by atoms with E-state index in [9.17, 15) is 4.79 Å². The molecular weight excluding hydrogens is 308 g/mol. The highest BCUT2D eigenvalue weighted by Crippen LogP contribution is 2.39. The van der Waals surface area contributed by atoms with Crippen molar-refractivity contribution in [2.45, 2.75) is 12.0 Å². The number of ether oxygens (including phenoxy) is 1. The molecule has 0 saturated carbocycles. The lowest BCUT2D eigenvalue weighted by Crippen LogP contribution is -2.11. The van der Waals surface area contributed by atoms with E-state index in [2.05, 4.69) is 24.3 Å². The first kappa shape index (κ1) is 15.4. The fraction of sp³-hybridized carbons (Fsp3) is 0.0870. The Balaban J connectivity index is 1.78. The maximum atomic E-state index is 12.7. The van der Waals surface area contributed by atoms with Gasteiger partial charge in [-0.3, -0.25) is 0 Å². The van der Waals surface area contributed by atoms with Gasteiger partial charge in [0.05, 0.1) is 0 Å². The van der Waals surface area contributed by atoms with Gasteiger partial charge in [-0.15, -0.1) is 0 Å². The van der Waals surface area contributed by atoms with Gasteiger partial charge >= 0.3 is 5.97 Å². The lowest BCUT2D eigenvalue weighted by Gasteiger charge is -2.17. The number of rotatable bonds is 4. The van der Waals surface area contributed by atoms with E-state index < -0.39 is 0 Å². The van der Waals surface area contributed by atoms with Gasteiger partial charge in [-0.1, -0.05) is 91.0 Å². The van der Waals surface area contributed by atoms with Crippen molar-refractivity contribution >= 4 is 5.97 Å². The molecule has 0 amide bonds. The standard InChI is InChI=1S/C23H18O2/c24-23-20(16-21(25-23)17-10-4-1-5-11-17)22(18-12-6-2-7-13-18)19-14-8-3-9-15-19/h1-16,21-22H. The molecule has 122 valence electrons. The fourth-order valence-electron chi connectivity index (χ4n) is 3.31. The number of cyclic esters (lactones) is 1. The molecule has 3 aromatic rings. The van der Waals surface area contributed by atoms with E-state index in [1.165, 1.54) is 0 Å². The molecule has 1 aliphatic rings. The van der Waals surface area contributed by atoms with Gasteiger partial charge in [0.2, 0.25) is 0 Å². The van der Waals surface area contributed by atoms with Crippen molar-refractivity contribution in [2.24, 2.45) is 0 Å². The minimum Gasteiger partial charge on any atom is -0.450 e. The van der Waals surface area contributed by atoms with Crippen molar-refractivity contribution in [1.82, 2.24) is 0 Å². The quantitative estimate of drug-likeness (QED) is 0.628. The van der Waals surface area contributed by atoms with E-state index >= 15 is 0 Å². The monoisotopic (exact) mass is 326 g/mol. The maximum Gasteiger partial charge on any atom is 0.335 e. The molecule has 1 atom stereocenters. The Kier molecular flexibility index (Phi) is 4.17. The molecule has 0 spiro atoms. The van der Waals surface area contributed by atoms with Crippen molar-refractivity contribution in [2.75, 3.05) is 0 Å². The predicted octanol–water partition coefficient (Wildman–Crippen LogP) is 5.04. The Morgan fingerprint density at radius 1 is 0.680 bits per heavy atom. The maximum absolute atomic E-state index is 12.7. The summed E-state index contributed by atoms with van der Waals surface area (Å²) in [6.07, 6.45) is 1.64. The highest BCUT2D eigenvalue weighted by molar-refractivity contribution is 5.93. The summed E-state index contributed by atoms with van der Waals surface area (Å²) in [5, 5.41) is 0. The summed E-state index contributed by atoms with van der Waals surface area (Å²) in [6, 6.07) is 30.0. The second-order valence-corrected chi connectivity index (χ2v) is 6.11. The molecular formula is C23H18O2. The summed E-state index contributed by atoms with van der Waals surface area (Å²) >= 11 is 0. The van der Waals surface area contributed by atoms with E-state index in [0.717, 1.165) is 16.7 Å². The van der Waals surface area contributed by atoms with Gasteiger partial charge < -0.3 is 4.74 Å². The van der Waals surface area contributed by atoms with Crippen LogP contribution in [0.15, 0.2) is 103 Å². The van der Waals surface area contributed by atoms with E-state index in [0.29, 0.717) is 5.57 Å². The van der Waals surface area contributed by atoms with Crippen LogP contribution in [-0.2, 0) is 9.53 Å². The van der Waals surface area contributed by atoms with Crippen LogP contribution in [0.5, 0.6) is 0 Å². The average molecular weight is 326 g/mol. The van der Waals surface area contributed by atoms with Crippen molar-refractivity contribution in [3.05, 3.63) is 119 Å². The molecule has 0 bridgehead atoms. The highest BCUT2D eigenvalue weighted by Gasteiger charge is 2.33. The second-order valence-electron chi connectivity index (χ2n) is 6.11. The predicted molar refractivity (Wildman–Crippen MR) is 98.1 cm³/mol. The second kappa shape index (κ2) is 6.78. The zero-order valence-corrected chi connectivity index (χ0v) is 13.7. The third-order valence-electron chi connectivity index (χ3n) is 4.51. The van der Waals surface area contributed by atoms with Crippen molar-refractivity contribution in [1.29, 1.82) is 0 Å². The van der Waals surface area contributed by atoms with Gasteiger partial charge in [0, 0.05) is 11.5 Å². The Hall–Kier alpha value is -3.13. The molecule has 1 heterocycles. The minimum atomic E-state index is -0.321. The number of hydrogen-bond donors (Lipinski definition) is 0. The van der Waals surface area contributed by atoms with Gasteiger partial charge in [-0.25, -0.2) is 4.79 Å². The third-order valence-corrected chi connectivity index (χ3v) is 4.51. The molecule has 4 rings (SSSR count).